The maximum absolute atomic E-state index is 13.6. The van der Waals surface area contributed by atoms with Gasteiger partial charge in [-0.25, -0.2) is 0 Å². The SMILES string of the molecule is O=C(C1=C[C@H](c2ccc(I)cc2)C[C@H](OCc2ccc(CO)cc2)O1)N1CCN(Cc2ccccc2)CC1. The average molecular weight is 625 g/mol. The summed E-state index contributed by atoms with van der Waals surface area (Å²) < 4.78 is 13.5. The fraction of sp³-hybridized carbons (Fsp3) is 0.323. The first kappa shape index (κ1) is 26.9. The van der Waals surface area contributed by atoms with Crippen LogP contribution in [0.2, 0.25) is 0 Å². The second-order valence-electron chi connectivity index (χ2n) is 9.81. The number of aliphatic hydroxyl groups is 1. The summed E-state index contributed by atoms with van der Waals surface area (Å²) in [6, 6.07) is 26.5. The van der Waals surface area contributed by atoms with Gasteiger partial charge in [0, 0.05) is 48.6 Å². The Morgan fingerprint density at radius 1 is 0.895 bits per heavy atom. The highest BCUT2D eigenvalue weighted by atomic mass is 127. The van der Waals surface area contributed by atoms with E-state index >= 15 is 0 Å². The second-order valence-corrected chi connectivity index (χ2v) is 11.1. The van der Waals surface area contributed by atoms with E-state index in [1.54, 1.807) is 0 Å². The number of nitrogens with zero attached hydrogens (tertiary/aromatic N) is 2. The molecule has 3 aromatic carbocycles. The zero-order valence-electron chi connectivity index (χ0n) is 21.3. The van der Waals surface area contributed by atoms with Crippen LogP contribution < -0.4 is 0 Å². The molecule has 0 spiro atoms. The number of piperazine rings is 1. The molecule has 38 heavy (non-hydrogen) atoms. The molecule has 5 rings (SSSR count). The zero-order chi connectivity index (χ0) is 26.3. The molecule has 1 amide bonds. The minimum absolute atomic E-state index is 0.0152. The third-order valence-corrected chi connectivity index (χ3v) is 7.84. The van der Waals surface area contributed by atoms with Crippen molar-refractivity contribution in [3.63, 3.8) is 0 Å². The van der Waals surface area contributed by atoms with Gasteiger partial charge in [0.15, 0.2) is 5.76 Å². The number of rotatable bonds is 8. The zero-order valence-corrected chi connectivity index (χ0v) is 23.5. The van der Waals surface area contributed by atoms with Crippen LogP contribution in [-0.2, 0) is 34.0 Å². The van der Waals surface area contributed by atoms with Gasteiger partial charge in [-0.1, -0.05) is 66.7 Å². The second kappa shape index (κ2) is 12.9. The lowest BCUT2D eigenvalue weighted by Crippen LogP contribution is -2.49. The molecule has 1 fully saturated rings. The predicted octanol–water partition coefficient (Wildman–Crippen LogP) is 5.06. The van der Waals surface area contributed by atoms with E-state index in [-0.39, 0.29) is 18.4 Å². The maximum atomic E-state index is 13.6. The van der Waals surface area contributed by atoms with E-state index < -0.39 is 6.29 Å². The number of carbonyl (C=O) groups is 1. The highest BCUT2D eigenvalue weighted by molar-refractivity contribution is 14.1. The Labute approximate surface area is 238 Å². The van der Waals surface area contributed by atoms with Crippen molar-refractivity contribution in [1.29, 1.82) is 0 Å². The number of hydrogen-bond donors (Lipinski definition) is 1. The van der Waals surface area contributed by atoms with Crippen molar-refractivity contribution in [2.45, 2.75) is 38.4 Å². The van der Waals surface area contributed by atoms with Gasteiger partial charge in [0.05, 0.1) is 13.2 Å². The molecule has 7 heteroatoms. The number of amides is 1. The number of benzene rings is 3. The third kappa shape index (κ3) is 7.02. The van der Waals surface area contributed by atoms with Gasteiger partial charge in [0.2, 0.25) is 6.29 Å². The summed E-state index contributed by atoms with van der Waals surface area (Å²) >= 11 is 2.30. The summed E-state index contributed by atoms with van der Waals surface area (Å²) in [4.78, 5) is 17.9. The molecule has 0 unspecified atom stereocenters. The Bertz CT molecular complexity index is 1220. The maximum Gasteiger partial charge on any atom is 0.288 e. The molecule has 1 N–H and O–H groups in total. The van der Waals surface area contributed by atoms with Gasteiger partial charge < -0.3 is 19.5 Å². The minimum Gasteiger partial charge on any atom is -0.459 e. The molecule has 0 radical (unpaired) electrons. The van der Waals surface area contributed by atoms with E-state index in [1.807, 2.05) is 41.3 Å². The first-order valence-electron chi connectivity index (χ1n) is 13.1. The summed E-state index contributed by atoms with van der Waals surface area (Å²) in [6.07, 6.45) is 2.08. The molecular weight excluding hydrogens is 591 g/mol. The van der Waals surface area contributed by atoms with Crippen LogP contribution in [0.15, 0.2) is 90.7 Å². The molecule has 2 heterocycles. The van der Waals surface area contributed by atoms with Crippen molar-refractivity contribution in [1.82, 2.24) is 9.80 Å². The number of aliphatic hydroxyl groups excluding tert-OH is 1. The van der Waals surface area contributed by atoms with Gasteiger partial charge in [-0.2, -0.15) is 0 Å². The third-order valence-electron chi connectivity index (χ3n) is 7.12. The van der Waals surface area contributed by atoms with Crippen molar-refractivity contribution in [3.8, 4) is 0 Å². The average Bonchev–Trinajstić information content (AvgIpc) is 2.97. The first-order chi connectivity index (χ1) is 18.6. The Balaban J connectivity index is 1.25. The number of ether oxygens (including phenoxy) is 2. The van der Waals surface area contributed by atoms with Crippen LogP contribution in [0.3, 0.4) is 0 Å². The predicted molar refractivity (Wildman–Crippen MR) is 155 cm³/mol. The number of halogens is 1. The van der Waals surface area contributed by atoms with Crippen molar-refractivity contribution in [2.24, 2.45) is 0 Å². The smallest absolute Gasteiger partial charge is 0.288 e. The molecular formula is C31H33IN2O4. The Morgan fingerprint density at radius 3 is 2.26 bits per heavy atom. The van der Waals surface area contributed by atoms with Crippen LogP contribution in [0.1, 0.15) is 34.6 Å². The molecule has 2 atom stereocenters. The molecule has 0 aromatic heterocycles. The van der Waals surface area contributed by atoms with Crippen molar-refractivity contribution < 1.29 is 19.4 Å². The van der Waals surface area contributed by atoms with Gasteiger partial charge in [-0.15, -0.1) is 0 Å². The molecule has 0 saturated carbocycles. The summed E-state index contributed by atoms with van der Waals surface area (Å²) in [5.41, 5.74) is 4.29. The van der Waals surface area contributed by atoms with Crippen LogP contribution >= 0.6 is 22.6 Å². The molecule has 2 aliphatic rings. The van der Waals surface area contributed by atoms with Crippen LogP contribution in [-0.4, -0.2) is 53.3 Å². The number of hydrogen-bond acceptors (Lipinski definition) is 5. The lowest BCUT2D eigenvalue weighted by Gasteiger charge is -2.36. The standard InChI is InChI=1S/C31H33IN2O4/c32-28-12-10-26(11-13-28)27-18-29(38-30(19-27)37-22-25-8-6-24(21-35)7-9-25)31(36)34-16-14-33(15-17-34)20-23-4-2-1-3-5-23/h1-13,18,27,30,35H,14-17,19-22H2/t27-,30+/m0/s1. The van der Waals surface area contributed by atoms with Gasteiger partial charge in [-0.3, -0.25) is 9.69 Å². The van der Waals surface area contributed by atoms with E-state index in [0.29, 0.717) is 31.9 Å². The minimum atomic E-state index is -0.528. The first-order valence-corrected chi connectivity index (χ1v) is 14.1. The fourth-order valence-electron chi connectivity index (χ4n) is 4.89. The largest absolute Gasteiger partial charge is 0.459 e. The molecule has 0 aliphatic carbocycles. The Kier molecular flexibility index (Phi) is 9.11. The van der Waals surface area contributed by atoms with Crippen LogP contribution in [0.5, 0.6) is 0 Å². The topological polar surface area (TPSA) is 62.2 Å². The van der Waals surface area contributed by atoms with Gasteiger partial charge >= 0.3 is 0 Å². The monoisotopic (exact) mass is 624 g/mol. The van der Waals surface area contributed by atoms with Gasteiger partial charge in [0.1, 0.15) is 0 Å². The summed E-state index contributed by atoms with van der Waals surface area (Å²) in [7, 11) is 0. The summed E-state index contributed by atoms with van der Waals surface area (Å²) in [5, 5.41) is 9.29. The summed E-state index contributed by atoms with van der Waals surface area (Å²) in [6.45, 7) is 4.28. The van der Waals surface area contributed by atoms with Crippen molar-refractivity contribution >= 4 is 28.5 Å². The normalized spacial score (nSPS) is 20.1. The van der Waals surface area contributed by atoms with Gasteiger partial charge in [0.25, 0.3) is 5.91 Å². The lowest BCUT2D eigenvalue weighted by atomic mass is 9.93. The van der Waals surface area contributed by atoms with Crippen molar-refractivity contribution in [3.05, 3.63) is 117 Å². The lowest BCUT2D eigenvalue weighted by molar-refractivity contribution is -0.157. The van der Waals surface area contributed by atoms with E-state index in [0.717, 1.165) is 36.3 Å². The highest BCUT2D eigenvalue weighted by Gasteiger charge is 2.32. The van der Waals surface area contributed by atoms with E-state index in [1.165, 1.54) is 9.13 Å². The molecule has 0 bridgehead atoms. The van der Waals surface area contributed by atoms with Crippen LogP contribution in [0, 0.1) is 3.57 Å². The molecule has 2 aliphatic heterocycles. The molecule has 198 valence electrons. The number of carbonyl (C=O) groups excluding carboxylic acids is 1. The molecule has 3 aromatic rings. The van der Waals surface area contributed by atoms with Gasteiger partial charge in [-0.05, 0) is 63.1 Å². The van der Waals surface area contributed by atoms with E-state index in [2.05, 4.69) is 76.0 Å². The number of allylic oxidation sites excluding steroid dienone is 1. The molecule has 1 saturated heterocycles. The molecule has 6 nitrogen and oxygen atoms in total. The van der Waals surface area contributed by atoms with Crippen LogP contribution in [0.4, 0.5) is 0 Å². The highest BCUT2D eigenvalue weighted by Crippen LogP contribution is 2.33. The summed E-state index contributed by atoms with van der Waals surface area (Å²) in [5.74, 6) is 0.332. The fourth-order valence-corrected chi connectivity index (χ4v) is 5.25. The Hall–Kier alpha value is -2.72. The van der Waals surface area contributed by atoms with E-state index in [4.69, 9.17) is 9.47 Å². The van der Waals surface area contributed by atoms with Crippen LogP contribution in [0.25, 0.3) is 0 Å². The van der Waals surface area contributed by atoms with Crippen molar-refractivity contribution in [2.75, 3.05) is 26.2 Å². The quantitative estimate of drug-likeness (QED) is 0.356. The Morgan fingerprint density at radius 2 is 1.58 bits per heavy atom. The van der Waals surface area contributed by atoms with E-state index in [9.17, 15) is 9.90 Å².